The fourth-order valence-electron chi connectivity index (χ4n) is 2.60. The Hall–Kier alpha value is -3.28. The maximum absolute atomic E-state index is 12.4. The Kier molecular flexibility index (Phi) is 2.84. The van der Waals surface area contributed by atoms with Crippen LogP contribution in [0, 0.1) is 0 Å². The first-order chi connectivity index (χ1) is 11.1. The van der Waals surface area contributed by atoms with Crippen molar-refractivity contribution in [2.75, 3.05) is 5.32 Å². The molecule has 114 valence electrons. The predicted octanol–water partition coefficient (Wildman–Crippen LogP) is 2.87. The minimum absolute atomic E-state index is 0.223. The second-order valence-electron chi connectivity index (χ2n) is 5.34. The zero-order valence-electron chi connectivity index (χ0n) is 12.3. The molecule has 6 heteroatoms. The second kappa shape index (κ2) is 4.88. The molecule has 0 aliphatic carbocycles. The number of benzene rings is 2. The summed E-state index contributed by atoms with van der Waals surface area (Å²) in [6.45, 7) is 0. The molecule has 0 saturated heterocycles. The van der Waals surface area contributed by atoms with Gasteiger partial charge in [0, 0.05) is 36.1 Å². The van der Waals surface area contributed by atoms with Gasteiger partial charge in [0.2, 0.25) is 0 Å². The summed E-state index contributed by atoms with van der Waals surface area (Å²) in [5.41, 5.74) is 3.15. The number of fused-ring (bicyclic) bond motifs is 2. The van der Waals surface area contributed by atoms with Gasteiger partial charge in [-0.3, -0.25) is 9.36 Å². The van der Waals surface area contributed by atoms with Crippen LogP contribution in [0.3, 0.4) is 0 Å². The number of rotatable bonds is 2. The maximum atomic E-state index is 12.4. The van der Waals surface area contributed by atoms with Crippen LogP contribution in [0.1, 0.15) is 10.4 Å². The van der Waals surface area contributed by atoms with E-state index in [1.54, 1.807) is 37.4 Å². The van der Waals surface area contributed by atoms with E-state index in [0.717, 1.165) is 10.9 Å². The number of hydrogen-bond acceptors (Lipinski definition) is 3. The third-order valence-electron chi connectivity index (χ3n) is 3.87. The number of nitrogens with one attached hydrogen (secondary N) is 2. The van der Waals surface area contributed by atoms with Crippen molar-refractivity contribution >= 4 is 33.6 Å². The summed E-state index contributed by atoms with van der Waals surface area (Å²) >= 11 is 0. The number of oxazole rings is 1. The number of carbonyl (C=O) groups excluding carboxylic acids is 1. The number of amides is 1. The minimum Gasteiger partial charge on any atom is -0.408 e. The highest BCUT2D eigenvalue weighted by Crippen LogP contribution is 2.19. The molecule has 4 rings (SSSR count). The highest BCUT2D eigenvalue weighted by atomic mass is 16.4. The lowest BCUT2D eigenvalue weighted by molar-refractivity contribution is 0.102. The lowest BCUT2D eigenvalue weighted by Crippen LogP contribution is -2.11. The maximum Gasteiger partial charge on any atom is 0.419 e. The van der Waals surface area contributed by atoms with E-state index in [1.807, 2.05) is 18.3 Å². The summed E-state index contributed by atoms with van der Waals surface area (Å²) in [5.74, 6) is -0.653. The molecule has 6 nitrogen and oxygen atoms in total. The summed E-state index contributed by atoms with van der Waals surface area (Å²) in [7, 11) is 1.64. The molecule has 0 aliphatic rings. The van der Waals surface area contributed by atoms with Crippen LogP contribution in [0.2, 0.25) is 0 Å². The van der Waals surface area contributed by atoms with Gasteiger partial charge in [-0.25, -0.2) is 4.79 Å². The number of aromatic nitrogens is 2. The van der Waals surface area contributed by atoms with Gasteiger partial charge in [0.15, 0.2) is 5.58 Å². The van der Waals surface area contributed by atoms with Crippen molar-refractivity contribution in [1.82, 2.24) is 9.55 Å². The van der Waals surface area contributed by atoms with E-state index in [-0.39, 0.29) is 5.91 Å². The molecule has 0 unspecified atom stereocenters. The van der Waals surface area contributed by atoms with Crippen LogP contribution in [0.15, 0.2) is 57.9 Å². The van der Waals surface area contributed by atoms with Gasteiger partial charge < -0.3 is 14.7 Å². The van der Waals surface area contributed by atoms with Gasteiger partial charge in [-0.05, 0) is 35.7 Å². The Balaban J connectivity index is 1.66. The summed E-state index contributed by atoms with van der Waals surface area (Å²) in [4.78, 5) is 26.9. The third kappa shape index (κ3) is 2.20. The highest BCUT2D eigenvalue weighted by Gasteiger charge is 2.10. The first-order valence-corrected chi connectivity index (χ1v) is 7.10. The molecule has 1 amide bonds. The molecule has 0 radical (unpaired) electrons. The molecule has 0 aliphatic heterocycles. The van der Waals surface area contributed by atoms with Gasteiger partial charge in [0.1, 0.15) is 0 Å². The number of hydrogen-bond donors (Lipinski definition) is 2. The normalized spacial score (nSPS) is 11.2. The number of nitrogens with zero attached hydrogens (tertiary/aromatic N) is 1. The predicted molar refractivity (Wildman–Crippen MR) is 87.7 cm³/mol. The molecule has 4 aromatic rings. The van der Waals surface area contributed by atoms with E-state index in [0.29, 0.717) is 22.4 Å². The number of aryl methyl sites for hydroxylation is 1. The Bertz CT molecular complexity index is 1100. The fraction of sp³-hybridized carbons (Fsp3) is 0.0588. The van der Waals surface area contributed by atoms with Crippen LogP contribution in [0.25, 0.3) is 22.0 Å². The molecular formula is C17H13N3O3. The summed E-state index contributed by atoms with van der Waals surface area (Å²) < 4.78 is 6.54. The fourth-order valence-corrected chi connectivity index (χ4v) is 2.60. The number of carbonyl (C=O) groups is 1. The van der Waals surface area contributed by atoms with Gasteiger partial charge in [-0.15, -0.1) is 0 Å². The Morgan fingerprint density at radius 1 is 1.17 bits per heavy atom. The van der Waals surface area contributed by atoms with Crippen LogP contribution in [-0.4, -0.2) is 15.5 Å². The lowest BCUT2D eigenvalue weighted by atomic mass is 10.1. The van der Waals surface area contributed by atoms with E-state index >= 15 is 0 Å². The Labute approximate surface area is 130 Å². The van der Waals surface area contributed by atoms with Gasteiger partial charge >= 0.3 is 5.76 Å². The third-order valence-corrected chi connectivity index (χ3v) is 3.87. The molecule has 2 N–H and O–H groups in total. The number of anilines is 1. The highest BCUT2D eigenvalue weighted by molar-refractivity contribution is 6.06. The van der Waals surface area contributed by atoms with Crippen molar-refractivity contribution < 1.29 is 9.21 Å². The van der Waals surface area contributed by atoms with Gasteiger partial charge in [-0.2, -0.15) is 0 Å². The van der Waals surface area contributed by atoms with E-state index in [1.165, 1.54) is 4.57 Å². The molecule has 0 bridgehead atoms. The molecule has 2 heterocycles. The first-order valence-electron chi connectivity index (χ1n) is 7.10. The minimum atomic E-state index is -0.430. The molecule has 0 atom stereocenters. The molecule has 2 aromatic heterocycles. The summed E-state index contributed by atoms with van der Waals surface area (Å²) in [6, 6.07) is 12.5. The molecule has 2 aromatic carbocycles. The first kappa shape index (κ1) is 13.4. The largest absolute Gasteiger partial charge is 0.419 e. The monoisotopic (exact) mass is 307 g/mol. The van der Waals surface area contributed by atoms with Crippen LogP contribution in [0.5, 0.6) is 0 Å². The number of aromatic amines is 1. The van der Waals surface area contributed by atoms with E-state index < -0.39 is 5.76 Å². The van der Waals surface area contributed by atoms with Gasteiger partial charge in [0.25, 0.3) is 5.91 Å². The zero-order valence-corrected chi connectivity index (χ0v) is 12.3. The van der Waals surface area contributed by atoms with Crippen molar-refractivity contribution in [2.24, 2.45) is 7.05 Å². The molecule has 0 fully saturated rings. The summed E-state index contributed by atoms with van der Waals surface area (Å²) in [6.07, 6.45) is 1.83. The Morgan fingerprint density at radius 3 is 2.91 bits per heavy atom. The quantitative estimate of drug-likeness (QED) is 0.597. The van der Waals surface area contributed by atoms with Crippen molar-refractivity contribution in [3.05, 3.63) is 64.8 Å². The molecule has 23 heavy (non-hydrogen) atoms. The second-order valence-corrected chi connectivity index (χ2v) is 5.34. The molecular weight excluding hydrogens is 294 g/mol. The van der Waals surface area contributed by atoms with Crippen molar-refractivity contribution in [3.63, 3.8) is 0 Å². The van der Waals surface area contributed by atoms with E-state index in [9.17, 15) is 9.59 Å². The van der Waals surface area contributed by atoms with E-state index in [4.69, 9.17) is 4.42 Å². The Morgan fingerprint density at radius 2 is 2.04 bits per heavy atom. The van der Waals surface area contributed by atoms with Crippen molar-refractivity contribution in [3.8, 4) is 0 Å². The SMILES string of the molecule is Cn1c(=O)oc2cc(NC(=O)c3ccc4cc[nH]c4c3)ccc21. The van der Waals surface area contributed by atoms with Crippen LogP contribution in [0.4, 0.5) is 5.69 Å². The topological polar surface area (TPSA) is 80.0 Å². The molecule has 0 spiro atoms. The standard InChI is InChI=1S/C17H13N3O3/c1-20-14-5-4-12(9-15(14)23-17(20)22)19-16(21)11-3-2-10-6-7-18-13(10)8-11/h2-9,18H,1H3,(H,19,21). The van der Waals surface area contributed by atoms with Gasteiger partial charge in [-0.1, -0.05) is 6.07 Å². The average molecular weight is 307 g/mol. The van der Waals surface area contributed by atoms with Crippen LogP contribution < -0.4 is 11.1 Å². The summed E-state index contributed by atoms with van der Waals surface area (Å²) in [5, 5.41) is 3.86. The van der Waals surface area contributed by atoms with Gasteiger partial charge in [0.05, 0.1) is 5.52 Å². The van der Waals surface area contributed by atoms with Crippen LogP contribution in [-0.2, 0) is 7.05 Å². The van der Waals surface area contributed by atoms with Crippen molar-refractivity contribution in [2.45, 2.75) is 0 Å². The lowest BCUT2D eigenvalue weighted by Gasteiger charge is -2.05. The zero-order chi connectivity index (χ0) is 16.0. The smallest absolute Gasteiger partial charge is 0.408 e. The van der Waals surface area contributed by atoms with E-state index in [2.05, 4.69) is 10.3 Å². The molecule has 0 saturated carbocycles. The average Bonchev–Trinajstić information content (AvgIpc) is 3.11. The van der Waals surface area contributed by atoms with Crippen LogP contribution >= 0.6 is 0 Å². The van der Waals surface area contributed by atoms with Crippen molar-refractivity contribution in [1.29, 1.82) is 0 Å². The number of H-pyrrole nitrogens is 1.